The van der Waals surface area contributed by atoms with E-state index in [9.17, 15) is 5.11 Å². The van der Waals surface area contributed by atoms with E-state index in [1.807, 2.05) is 18.2 Å². The summed E-state index contributed by atoms with van der Waals surface area (Å²) in [6.45, 7) is 0. The zero-order valence-corrected chi connectivity index (χ0v) is 11.2. The van der Waals surface area contributed by atoms with Gasteiger partial charge in [-0.3, -0.25) is 0 Å². The third-order valence-corrected chi connectivity index (χ3v) is 3.83. The first-order valence-electron chi connectivity index (χ1n) is 6.65. The van der Waals surface area contributed by atoms with Crippen molar-refractivity contribution in [2.24, 2.45) is 5.92 Å². The summed E-state index contributed by atoms with van der Waals surface area (Å²) >= 11 is 0. The smallest absolute Gasteiger partial charge is 0.128 e. The summed E-state index contributed by atoms with van der Waals surface area (Å²) in [4.78, 5) is 0. The van der Waals surface area contributed by atoms with Gasteiger partial charge in [0.2, 0.25) is 0 Å². The fraction of sp³-hybridized carbons (Fsp3) is 0.600. The van der Waals surface area contributed by atoms with Gasteiger partial charge in [-0.25, -0.2) is 0 Å². The Labute approximate surface area is 109 Å². The average Bonchev–Trinajstić information content (AvgIpc) is 2.90. The number of hydrogen-bond donors (Lipinski definition) is 1. The lowest BCUT2D eigenvalue weighted by Gasteiger charge is -2.20. The lowest BCUT2D eigenvalue weighted by atomic mass is 9.94. The van der Waals surface area contributed by atoms with Crippen molar-refractivity contribution >= 4 is 0 Å². The summed E-state index contributed by atoms with van der Waals surface area (Å²) in [5, 5.41) is 10.4. The van der Waals surface area contributed by atoms with Gasteiger partial charge >= 0.3 is 0 Å². The quantitative estimate of drug-likeness (QED) is 0.871. The molecule has 1 aliphatic rings. The molecule has 0 aromatic heterocycles. The molecular weight excluding hydrogens is 228 g/mol. The second-order valence-electron chi connectivity index (χ2n) is 4.98. The summed E-state index contributed by atoms with van der Waals surface area (Å²) in [7, 11) is 3.25. The minimum Gasteiger partial charge on any atom is -0.496 e. The highest BCUT2D eigenvalue weighted by Gasteiger charge is 2.24. The third-order valence-electron chi connectivity index (χ3n) is 3.83. The zero-order valence-electron chi connectivity index (χ0n) is 11.2. The van der Waals surface area contributed by atoms with Crippen LogP contribution >= 0.6 is 0 Å². The van der Waals surface area contributed by atoms with Crippen LogP contribution in [0.4, 0.5) is 0 Å². The fourth-order valence-corrected chi connectivity index (χ4v) is 2.89. The Balaban J connectivity index is 2.18. The second-order valence-corrected chi connectivity index (χ2v) is 4.98. The molecule has 0 spiro atoms. The third kappa shape index (κ3) is 2.78. The maximum atomic E-state index is 10.4. The van der Waals surface area contributed by atoms with Crippen LogP contribution in [0.2, 0.25) is 0 Å². The molecule has 0 bridgehead atoms. The van der Waals surface area contributed by atoms with Crippen LogP contribution in [0.5, 0.6) is 11.5 Å². The molecule has 0 heterocycles. The minimum absolute atomic E-state index is 0.501. The maximum absolute atomic E-state index is 10.4. The first-order chi connectivity index (χ1) is 8.76. The van der Waals surface area contributed by atoms with Crippen LogP contribution in [0.1, 0.15) is 43.8 Å². The molecule has 0 radical (unpaired) electrons. The van der Waals surface area contributed by atoms with Crippen molar-refractivity contribution in [3.05, 3.63) is 23.8 Å². The van der Waals surface area contributed by atoms with Crippen LogP contribution in [0.3, 0.4) is 0 Å². The number of rotatable bonds is 5. The van der Waals surface area contributed by atoms with E-state index < -0.39 is 6.10 Å². The molecule has 3 nitrogen and oxygen atoms in total. The summed E-state index contributed by atoms with van der Waals surface area (Å²) in [6.07, 6.45) is 5.35. The van der Waals surface area contributed by atoms with Crippen molar-refractivity contribution in [1.29, 1.82) is 0 Å². The molecule has 1 fully saturated rings. The Morgan fingerprint density at radius 2 is 1.72 bits per heavy atom. The summed E-state index contributed by atoms with van der Waals surface area (Å²) in [5.41, 5.74) is 0.786. The summed E-state index contributed by atoms with van der Waals surface area (Å²) < 4.78 is 10.7. The van der Waals surface area contributed by atoms with E-state index in [1.165, 1.54) is 25.7 Å². The van der Waals surface area contributed by atoms with Crippen molar-refractivity contribution in [3.63, 3.8) is 0 Å². The van der Waals surface area contributed by atoms with Gasteiger partial charge in [0.15, 0.2) is 0 Å². The van der Waals surface area contributed by atoms with Crippen molar-refractivity contribution < 1.29 is 14.6 Å². The highest BCUT2D eigenvalue weighted by Crippen LogP contribution is 2.39. The average molecular weight is 250 g/mol. The highest BCUT2D eigenvalue weighted by molar-refractivity contribution is 5.46. The molecule has 2 rings (SSSR count). The van der Waals surface area contributed by atoms with E-state index in [0.717, 1.165) is 12.0 Å². The number of hydrogen-bond acceptors (Lipinski definition) is 3. The monoisotopic (exact) mass is 250 g/mol. The van der Waals surface area contributed by atoms with Gasteiger partial charge in [-0.15, -0.1) is 0 Å². The Kier molecular flexibility index (Phi) is 4.48. The predicted molar refractivity (Wildman–Crippen MR) is 71.1 cm³/mol. The van der Waals surface area contributed by atoms with Crippen LogP contribution in [-0.4, -0.2) is 19.3 Å². The van der Waals surface area contributed by atoms with Gasteiger partial charge in [0.1, 0.15) is 11.5 Å². The predicted octanol–water partition coefficient (Wildman–Crippen LogP) is 3.32. The standard InChI is InChI=1S/C15H22O3/c1-17-13-8-5-9-14(18-2)15(13)12(16)10-11-6-3-4-7-11/h5,8-9,11-12,16H,3-4,6-7,10H2,1-2H3. The molecule has 1 atom stereocenters. The Morgan fingerprint density at radius 1 is 1.17 bits per heavy atom. The lowest BCUT2D eigenvalue weighted by molar-refractivity contribution is 0.138. The normalized spacial score (nSPS) is 17.7. The molecule has 0 amide bonds. The molecule has 100 valence electrons. The Bertz CT molecular complexity index is 361. The van der Waals surface area contributed by atoms with Crippen LogP contribution < -0.4 is 9.47 Å². The van der Waals surface area contributed by atoms with E-state index >= 15 is 0 Å². The number of aliphatic hydroxyl groups excluding tert-OH is 1. The van der Waals surface area contributed by atoms with Gasteiger partial charge < -0.3 is 14.6 Å². The molecule has 1 N–H and O–H groups in total. The molecule has 1 aromatic carbocycles. The van der Waals surface area contributed by atoms with Gasteiger partial charge in [-0.05, 0) is 24.5 Å². The molecular formula is C15H22O3. The van der Waals surface area contributed by atoms with Crippen molar-refractivity contribution in [3.8, 4) is 11.5 Å². The van der Waals surface area contributed by atoms with Crippen LogP contribution in [0.15, 0.2) is 18.2 Å². The van der Waals surface area contributed by atoms with Gasteiger partial charge in [0.05, 0.1) is 25.9 Å². The van der Waals surface area contributed by atoms with E-state index in [0.29, 0.717) is 17.4 Å². The number of methoxy groups -OCH3 is 2. The largest absolute Gasteiger partial charge is 0.496 e. The molecule has 1 aliphatic carbocycles. The number of benzene rings is 1. The SMILES string of the molecule is COc1cccc(OC)c1C(O)CC1CCCC1. The minimum atomic E-state index is -0.501. The lowest BCUT2D eigenvalue weighted by Crippen LogP contribution is -2.07. The highest BCUT2D eigenvalue weighted by atomic mass is 16.5. The van der Waals surface area contributed by atoms with Gasteiger partial charge in [-0.2, -0.15) is 0 Å². The first-order valence-corrected chi connectivity index (χ1v) is 6.65. The van der Waals surface area contributed by atoms with Crippen molar-refractivity contribution in [2.45, 2.75) is 38.2 Å². The van der Waals surface area contributed by atoms with Gasteiger partial charge in [0.25, 0.3) is 0 Å². The number of ether oxygens (including phenoxy) is 2. The van der Waals surface area contributed by atoms with E-state index in [2.05, 4.69) is 0 Å². The molecule has 1 unspecified atom stereocenters. The molecule has 1 aromatic rings. The first kappa shape index (κ1) is 13.2. The molecule has 1 saturated carbocycles. The summed E-state index contributed by atoms with van der Waals surface area (Å²) in [6, 6.07) is 5.62. The van der Waals surface area contributed by atoms with E-state index in [4.69, 9.17) is 9.47 Å². The Hall–Kier alpha value is -1.22. The maximum Gasteiger partial charge on any atom is 0.128 e. The number of aliphatic hydroxyl groups is 1. The van der Waals surface area contributed by atoms with Crippen molar-refractivity contribution in [1.82, 2.24) is 0 Å². The van der Waals surface area contributed by atoms with E-state index in [-0.39, 0.29) is 0 Å². The van der Waals surface area contributed by atoms with Crippen molar-refractivity contribution in [2.75, 3.05) is 14.2 Å². The molecule has 0 aliphatic heterocycles. The van der Waals surface area contributed by atoms with Crippen LogP contribution in [-0.2, 0) is 0 Å². The summed E-state index contributed by atoms with van der Waals surface area (Å²) in [5.74, 6) is 2.05. The van der Waals surface area contributed by atoms with Crippen LogP contribution in [0.25, 0.3) is 0 Å². The molecule has 3 heteroatoms. The van der Waals surface area contributed by atoms with Crippen LogP contribution in [0, 0.1) is 5.92 Å². The fourth-order valence-electron chi connectivity index (χ4n) is 2.89. The second kappa shape index (κ2) is 6.10. The van der Waals surface area contributed by atoms with E-state index in [1.54, 1.807) is 14.2 Å². The Morgan fingerprint density at radius 3 is 2.22 bits per heavy atom. The van der Waals surface area contributed by atoms with Gasteiger partial charge in [-0.1, -0.05) is 31.7 Å². The topological polar surface area (TPSA) is 38.7 Å². The van der Waals surface area contributed by atoms with Gasteiger partial charge in [0, 0.05) is 0 Å². The zero-order chi connectivity index (χ0) is 13.0. The molecule has 0 saturated heterocycles. The molecule has 18 heavy (non-hydrogen) atoms.